The van der Waals surface area contributed by atoms with Crippen LogP contribution < -0.4 is 15.0 Å². The summed E-state index contributed by atoms with van der Waals surface area (Å²) in [6.07, 6.45) is -5.06. The lowest BCUT2D eigenvalue weighted by Gasteiger charge is -2.42. The Morgan fingerprint density at radius 2 is 1.98 bits per heavy atom. The van der Waals surface area contributed by atoms with Gasteiger partial charge in [-0.05, 0) is 45.7 Å². The van der Waals surface area contributed by atoms with Gasteiger partial charge in [0.1, 0.15) is 5.75 Å². The lowest BCUT2D eigenvalue weighted by Crippen LogP contribution is -2.58. The molecule has 0 spiro atoms. The molecule has 0 radical (unpaired) electrons. The molecule has 2 aliphatic heterocycles. The molecule has 1 fully saturated rings. The Kier molecular flexibility index (Phi) is 9.77. The van der Waals surface area contributed by atoms with Gasteiger partial charge in [-0.15, -0.1) is 0 Å². The van der Waals surface area contributed by atoms with Gasteiger partial charge >= 0.3 is 12.3 Å². The molecule has 2 N–H and O–H groups in total. The van der Waals surface area contributed by atoms with Gasteiger partial charge in [0, 0.05) is 45.8 Å². The Balaban J connectivity index is 2.13. The molecule has 4 amide bonds. The van der Waals surface area contributed by atoms with Crippen LogP contribution in [0, 0.1) is 0 Å². The number of hydrogen-bond donors (Lipinski definition) is 2. The van der Waals surface area contributed by atoms with Crippen LogP contribution in [0.1, 0.15) is 62.9 Å². The van der Waals surface area contributed by atoms with Gasteiger partial charge in [0.2, 0.25) is 11.5 Å². The van der Waals surface area contributed by atoms with Crippen LogP contribution >= 0.6 is 0 Å². The number of nitrogens with zero attached hydrogens (tertiary/aromatic N) is 3. The molecule has 11 nitrogen and oxygen atoms in total. The van der Waals surface area contributed by atoms with E-state index in [4.69, 9.17) is 9.47 Å². The van der Waals surface area contributed by atoms with Crippen LogP contribution in [-0.2, 0) is 20.5 Å². The standard InChI is InChI=1S/C27H37F3N4O7/c1-6-22(35)31-9-11-33-20-12-18(23(36)34(16(2)3)17-8-7-10-32(14-17)25(38)39)19(27(28,29)30)13-21(20)41-26(4,15-40-5)24(33)37/h12-13,16-17H,6-11,14-15H2,1-5H3,(H,31,35)(H,38,39)/t17-,26+/m1/s1. The van der Waals surface area contributed by atoms with Gasteiger partial charge < -0.3 is 34.6 Å². The minimum atomic E-state index is -4.95. The molecule has 0 aliphatic carbocycles. The van der Waals surface area contributed by atoms with E-state index in [0.717, 1.165) is 11.0 Å². The zero-order chi connectivity index (χ0) is 30.7. The number of nitrogens with one attached hydrogen (secondary N) is 1. The molecule has 0 saturated carbocycles. The average molecular weight is 587 g/mol. The molecule has 1 aromatic rings. The van der Waals surface area contributed by atoms with E-state index in [9.17, 15) is 37.5 Å². The van der Waals surface area contributed by atoms with E-state index in [1.807, 2.05) is 0 Å². The largest absolute Gasteiger partial charge is 0.473 e. The van der Waals surface area contributed by atoms with Gasteiger partial charge in [0.15, 0.2) is 0 Å². The van der Waals surface area contributed by atoms with Crippen molar-refractivity contribution >= 4 is 29.5 Å². The van der Waals surface area contributed by atoms with Crippen molar-refractivity contribution < 1.29 is 46.9 Å². The number of carbonyl (C=O) groups excluding carboxylic acids is 3. The summed E-state index contributed by atoms with van der Waals surface area (Å²) in [6.45, 7) is 6.23. The summed E-state index contributed by atoms with van der Waals surface area (Å²) in [5.41, 5.74) is -3.64. The monoisotopic (exact) mass is 586 g/mol. The molecular weight excluding hydrogens is 549 g/mol. The quantitative estimate of drug-likeness (QED) is 0.454. The molecule has 228 valence electrons. The molecule has 3 rings (SSSR count). The van der Waals surface area contributed by atoms with E-state index >= 15 is 0 Å². The highest BCUT2D eigenvalue weighted by atomic mass is 19.4. The lowest BCUT2D eigenvalue weighted by atomic mass is 9.96. The molecule has 0 unspecified atom stereocenters. The number of carboxylic acid groups (broad SMARTS) is 1. The van der Waals surface area contributed by atoms with Crippen LogP contribution in [0.3, 0.4) is 0 Å². The molecule has 1 saturated heterocycles. The first-order valence-corrected chi connectivity index (χ1v) is 13.5. The Bertz CT molecular complexity index is 1180. The number of alkyl halides is 3. The maximum absolute atomic E-state index is 14.4. The Labute approximate surface area is 236 Å². The summed E-state index contributed by atoms with van der Waals surface area (Å²) < 4.78 is 54.2. The van der Waals surface area contributed by atoms with Crippen molar-refractivity contribution in [2.45, 2.75) is 70.8 Å². The fourth-order valence-electron chi connectivity index (χ4n) is 5.29. The third-order valence-electron chi connectivity index (χ3n) is 7.21. The molecular formula is C27H37F3N4O7. The molecule has 2 heterocycles. The minimum Gasteiger partial charge on any atom is -0.473 e. The zero-order valence-electron chi connectivity index (χ0n) is 23.8. The highest BCUT2D eigenvalue weighted by Gasteiger charge is 2.47. The second-order valence-corrected chi connectivity index (χ2v) is 10.6. The first-order valence-electron chi connectivity index (χ1n) is 13.5. The topological polar surface area (TPSA) is 129 Å². The van der Waals surface area contributed by atoms with Crippen LogP contribution in [0.2, 0.25) is 0 Å². The predicted molar refractivity (Wildman–Crippen MR) is 142 cm³/mol. The van der Waals surface area contributed by atoms with Gasteiger partial charge in [0.05, 0.1) is 29.5 Å². The first-order chi connectivity index (χ1) is 19.1. The van der Waals surface area contributed by atoms with Crippen molar-refractivity contribution in [1.29, 1.82) is 0 Å². The van der Waals surface area contributed by atoms with Crippen molar-refractivity contribution in [2.75, 3.05) is 44.8 Å². The molecule has 0 aromatic heterocycles. The average Bonchev–Trinajstić information content (AvgIpc) is 2.89. The van der Waals surface area contributed by atoms with E-state index < -0.39 is 52.9 Å². The van der Waals surface area contributed by atoms with Crippen LogP contribution in [0.4, 0.5) is 23.7 Å². The normalized spacial score (nSPS) is 20.9. The maximum atomic E-state index is 14.4. The summed E-state index contributed by atoms with van der Waals surface area (Å²) in [5, 5.41) is 12.1. The third kappa shape index (κ3) is 6.85. The van der Waals surface area contributed by atoms with Crippen molar-refractivity contribution in [3.63, 3.8) is 0 Å². The highest BCUT2D eigenvalue weighted by molar-refractivity contribution is 6.05. The number of anilines is 1. The molecule has 2 atom stereocenters. The fraction of sp³-hybridized carbons (Fsp3) is 0.630. The number of carbonyl (C=O) groups is 4. The molecule has 2 aliphatic rings. The van der Waals surface area contributed by atoms with E-state index in [2.05, 4.69) is 5.32 Å². The number of methoxy groups -OCH3 is 1. The Morgan fingerprint density at radius 3 is 2.54 bits per heavy atom. The van der Waals surface area contributed by atoms with Crippen LogP contribution in [-0.4, -0.2) is 96.3 Å². The van der Waals surface area contributed by atoms with Crippen LogP contribution in [0.5, 0.6) is 5.75 Å². The van der Waals surface area contributed by atoms with Crippen molar-refractivity contribution in [2.24, 2.45) is 0 Å². The van der Waals surface area contributed by atoms with Crippen molar-refractivity contribution in [3.05, 3.63) is 23.3 Å². The number of benzene rings is 1. The number of likely N-dealkylation sites (tertiary alicyclic amines) is 1. The number of piperidine rings is 1. The maximum Gasteiger partial charge on any atom is 0.417 e. The SMILES string of the molecule is CCC(=O)NCCN1C(=O)[C@](C)(COC)Oc2cc(C(F)(F)F)c(C(=O)N(C(C)C)[C@@H]3CCCN(C(=O)O)C3)cc21. The van der Waals surface area contributed by atoms with Gasteiger partial charge in [-0.2, -0.15) is 13.2 Å². The number of rotatable bonds is 9. The van der Waals surface area contributed by atoms with E-state index in [-0.39, 0.29) is 56.6 Å². The number of amides is 4. The number of fused-ring (bicyclic) bond motifs is 1. The summed E-state index contributed by atoms with van der Waals surface area (Å²) in [7, 11) is 1.32. The number of halogens is 3. The van der Waals surface area contributed by atoms with Gasteiger partial charge in [-0.3, -0.25) is 14.4 Å². The second-order valence-electron chi connectivity index (χ2n) is 10.6. The fourth-order valence-corrected chi connectivity index (χ4v) is 5.29. The lowest BCUT2D eigenvalue weighted by molar-refractivity contribution is -0.140. The van der Waals surface area contributed by atoms with Gasteiger partial charge in [0.25, 0.3) is 11.8 Å². The minimum absolute atomic E-state index is 0.0104. The van der Waals surface area contributed by atoms with Crippen molar-refractivity contribution in [1.82, 2.24) is 15.1 Å². The van der Waals surface area contributed by atoms with Crippen LogP contribution in [0.15, 0.2) is 12.1 Å². The number of ether oxygens (including phenoxy) is 2. The smallest absolute Gasteiger partial charge is 0.417 e. The summed E-state index contributed by atoms with van der Waals surface area (Å²) >= 11 is 0. The predicted octanol–water partition coefficient (Wildman–Crippen LogP) is 3.36. The van der Waals surface area contributed by atoms with Crippen LogP contribution in [0.25, 0.3) is 0 Å². The summed E-state index contributed by atoms with van der Waals surface area (Å²) in [4.78, 5) is 54.4. The Hall–Kier alpha value is -3.55. The first kappa shape index (κ1) is 32.0. The zero-order valence-corrected chi connectivity index (χ0v) is 23.8. The summed E-state index contributed by atoms with van der Waals surface area (Å²) in [6, 6.07) is 0.512. The molecule has 41 heavy (non-hydrogen) atoms. The molecule has 1 aromatic carbocycles. The van der Waals surface area contributed by atoms with E-state index in [0.29, 0.717) is 18.9 Å². The molecule has 0 bridgehead atoms. The molecule has 14 heteroatoms. The third-order valence-corrected chi connectivity index (χ3v) is 7.21. The van der Waals surface area contributed by atoms with E-state index in [1.165, 1.54) is 23.8 Å². The van der Waals surface area contributed by atoms with E-state index in [1.54, 1.807) is 20.8 Å². The number of hydrogen-bond acceptors (Lipinski definition) is 6. The summed E-state index contributed by atoms with van der Waals surface area (Å²) in [5.74, 6) is -2.09. The van der Waals surface area contributed by atoms with Gasteiger partial charge in [-0.1, -0.05) is 6.92 Å². The second kappa shape index (κ2) is 12.5. The van der Waals surface area contributed by atoms with Crippen molar-refractivity contribution in [3.8, 4) is 5.75 Å². The highest BCUT2D eigenvalue weighted by Crippen LogP contribution is 2.44. The Morgan fingerprint density at radius 1 is 1.29 bits per heavy atom. The van der Waals surface area contributed by atoms with Gasteiger partial charge in [-0.25, -0.2) is 4.79 Å².